The van der Waals surface area contributed by atoms with Gasteiger partial charge in [-0.1, -0.05) is 11.8 Å². The van der Waals surface area contributed by atoms with Crippen LogP contribution in [0.15, 0.2) is 28.2 Å². The van der Waals surface area contributed by atoms with Crippen LogP contribution < -0.4 is 16.2 Å². The second-order valence-corrected chi connectivity index (χ2v) is 8.30. The number of benzene rings is 1. The number of hydrogen-bond acceptors (Lipinski definition) is 6. The average Bonchev–Trinajstić information content (AvgIpc) is 2.61. The van der Waals surface area contributed by atoms with Gasteiger partial charge in [-0.25, -0.2) is 14.2 Å². The average molecular weight is 437 g/mol. The van der Waals surface area contributed by atoms with Crippen LogP contribution in [0.3, 0.4) is 0 Å². The molecule has 0 saturated heterocycles. The summed E-state index contributed by atoms with van der Waals surface area (Å²) < 4.78 is 18.9. The number of ether oxygens (including phenoxy) is 1. The highest BCUT2D eigenvalue weighted by Crippen LogP contribution is 2.24. The van der Waals surface area contributed by atoms with Gasteiger partial charge in [0.25, 0.3) is 5.56 Å². The predicted molar refractivity (Wildman–Crippen MR) is 115 cm³/mol. The van der Waals surface area contributed by atoms with Crippen LogP contribution >= 0.6 is 11.8 Å². The van der Waals surface area contributed by atoms with E-state index in [0.29, 0.717) is 16.4 Å². The number of amides is 2. The first kappa shape index (κ1) is 23.4. The first-order valence-corrected chi connectivity index (χ1v) is 10.4. The number of rotatable bonds is 6. The first-order valence-electron chi connectivity index (χ1n) is 9.21. The predicted octanol–water partition coefficient (Wildman–Crippen LogP) is 3.86. The summed E-state index contributed by atoms with van der Waals surface area (Å²) in [4.78, 5) is 43.5. The summed E-state index contributed by atoms with van der Waals surface area (Å²) >= 11 is 1.32. The number of carbonyl (C=O) groups excluding carboxylic acids is 2. The van der Waals surface area contributed by atoms with Crippen molar-refractivity contribution in [2.45, 2.75) is 51.3 Å². The number of nitrogens with one attached hydrogen (secondary N) is 3. The molecule has 0 unspecified atom stereocenters. The quantitative estimate of drug-likeness (QED) is 0.468. The number of hydrogen-bond donors (Lipinski definition) is 3. The van der Waals surface area contributed by atoms with Gasteiger partial charge in [0.1, 0.15) is 11.4 Å². The number of aromatic nitrogens is 2. The maximum atomic E-state index is 13.7. The normalized spacial score (nSPS) is 11.1. The van der Waals surface area contributed by atoms with Gasteiger partial charge in [0.2, 0.25) is 5.91 Å². The number of aromatic amines is 1. The highest BCUT2D eigenvalue weighted by molar-refractivity contribution is 7.98. The largest absolute Gasteiger partial charge is 0.444 e. The fraction of sp³-hybridized carbons (Fsp3) is 0.400. The van der Waals surface area contributed by atoms with Crippen LogP contribution in [0.4, 0.5) is 20.6 Å². The van der Waals surface area contributed by atoms with E-state index in [9.17, 15) is 18.8 Å². The molecule has 0 spiro atoms. The summed E-state index contributed by atoms with van der Waals surface area (Å²) in [6.07, 6.45) is 1.21. The number of aryl methyl sites for hydroxylation is 1. The van der Waals surface area contributed by atoms with Crippen molar-refractivity contribution in [1.82, 2.24) is 9.97 Å². The molecule has 162 valence electrons. The van der Waals surface area contributed by atoms with E-state index in [-0.39, 0.29) is 29.8 Å². The molecule has 2 aromatic rings. The second-order valence-electron chi connectivity index (χ2n) is 7.50. The Morgan fingerprint density at radius 1 is 1.23 bits per heavy atom. The van der Waals surface area contributed by atoms with Gasteiger partial charge in [-0.2, -0.15) is 0 Å². The lowest BCUT2D eigenvalue weighted by atomic mass is 10.1. The number of carbonyl (C=O) groups is 2. The van der Waals surface area contributed by atoms with E-state index >= 15 is 0 Å². The van der Waals surface area contributed by atoms with Gasteiger partial charge in [-0.05, 0) is 58.6 Å². The lowest BCUT2D eigenvalue weighted by Crippen LogP contribution is -2.27. The Bertz CT molecular complexity index is 1000. The molecule has 0 aliphatic rings. The number of H-pyrrole nitrogens is 1. The molecular weight excluding hydrogens is 411 g/mol. The van der Waals surface area contributed by atoms with E-state index < -0.39 is 23.4 Å². The van der Waals surface area contributed by atoms with Crippen LogP contribution in [-0.4, -0.2) is 33.8 Å². The van der Waals surface area contributed by atoms with Gasteiger partial charge in [-0.3, -0.25) is 14.9 Å². The van der Waals surface area contributed by atoms with Crippen LogP contribution in [0.5, 0.6) is 0 Å². The summed E-state index contributed by atoms with van der Waals surface area (Å²) in [6.45, 7) is 6.84. The maximum Gasteiger partial charge on any atom is 0.412 e. The summed E-state index contributed by atoms with van der Waals surface area (Å²) in [7, 11) is 0. The third kappa shape index (κ3) is 6.87. The van der Waals surface area contributed by atoms with Gasteiger partial charge >= 0.3 is 6.09 Å². The molecule has 2 amide bonds. The fourth-order valence-electron chi connectivity index (χ4n) is 2.57. The SMILES string of the molecule is CSc1nc(C)c(CCC(=O)Nc2cc(F)ccc2NC(=O)OC(C)(C)C)c(=O)[nH]1. The Hall–Kier alpha value is -2.88. The zero-order valence-electron chi connectivity index (χ0n) is 17.5. The van der Waals surface area contributed by atoms with Crippen LogP contribution in [0, 0.1) is 12.7 Å². The van der Waals surface area contributed by atoms with Crippen molar-refractivity contribution >= 4 is 35.1 Å². The van der Waals surface area contributed by atoms with Crippen molar-refractivity contribution in [1.29, 1.82) is 0 Å². The highest BCUT2D eigenvalue weighted by atomic mass is 32.2. The molecule has 0 atom stereocenters. The molecule has 30 heavy (non-hydrogen) atoms. The van der Waals surface area contributed by atoms with E-state index in [0.717, 1.165) is 12.1 Å². The van der Waals surface area contributed by atoms with Gasteiger partial charge in [0, 0.05) is 17.7 Å². The zero-order valence-corrected chi connectivity index (χ0v) is 18.3. The Labute approximate surface area is 178 Å². The molecule has 0 radical (unpaired) electrons. The Balaban J connectivity index is 2.09. The number of anilines is 2. The fourth-order valence-corrected chi connectivity index (χ4v) is 2.99. The van der Waals surface area contributed by atoms with E-state index in [1.807, 2.05) is 0 Å². The summed E-state index contributed by atoms with van der Waals surface area (Å²) in [5.74, 6) is -1.02. The molecule has 0 bridgehead atoms. The summed E-state index contributed by atoms with van der Waals surface area (Å²) in [5.41, 5.74) is 0.241. The molecule has 3 N–H and O–H groups in total. The van der Waals surface area contributed by atoms with Gasteiger partial charge < -0.3 is 15.0 Å². The smallest absolute Gasteiger partial charge is 0.412 e. The van der Waals surface area contributed by atoms with E-state index in [1.165, 1.54) is 17.8 Å². The molecular formula is C20H25FN4O4S. The van der Waals surface area contributed by atoms with Gasteiger partial charge in [0.15, 0.2) is 5.16 Å². The zero-order chi connectivity index (χ0) is 22.5. The molecule has 1 aromatic heterocycles. The molecule has 8 nitrogen and oxygen atoms in total. The molecule has 0 aliphatic heterocycles. The highest BCUT2D eigenvalue weighted by Gasteiger charge is 2.18. The Morgan fingerprint density at radius 2 is 1.93 bits per heavy atom. The van der Waals surface area contributed by atoms with E-state index in [1.54, 1.807) is 34.0 Å². The molecule has 0 saturated carbocycles. The Morgan fingerprint density at radius 3 is 2.53 bits per heavy atom. The number of nitrogens with zero attached hydrogens (tertiary/aromatic N) is 1. The molecule has 2 rings (SSSR count). The third-order valence-electron chi connectivity index (χ3n) is 3.89. The van der Waals surface area contributed by atoms with Crippen LogP contribution in [0.1, 0.15) is 38.4 Å². The number of halogens is 1. The molecule has 0 aliphatic carbocycles. The monoisotopic (exact) mass is 436 g/mol. The minimum Gasteiger partial charge on any atom is -0.444 e. The Kier molecular flexibility index (Phi) is 7.60. The van der Waals surface area contributed by atoms with Crippen LogP contribution in [-0.2, 0) is 16.0 Å². The standard InChI is InChI=1S/C20H25FN4O4S/c1-11-13(17(27)25-18(22-11)30-5)7-9-16(26)23-15-10-12(21)6-8-14(15)24-19(28)29-20(2,3)4/h6,8,10H,7,9H2,1-5H3,(H,23,26)(H,24,28)(H,22,25,27). The topological polar surface area (TPSA) is 113 Å². The van der Waals surface area contributed by atoms with Crippen LogP contribution in [0.25, 0.3) is 0 Å². The van der Waals surface area contributed by atoms with Crippen molar-refractivity contribution in [2.75, 3.05) is 16.9 Å². The molecule has 1 heterocycles. The third-order valence-corrected chi connectivity index (χ3v) is 4.47. The minimum absolute atomic E-state index is 0.0212. The molecule has 0 fully saturated rings. The van der Waals surface area contributed by atoms with Crippen molar-refractivity contribution in [3.8, 4) is 0 Å². The lowest BCUT2D eigenvalue weighted by molar-refractivity contribution is -0.116. The van der Waals surface area contributed by atoms with Crippen LogP contribution in [0.2, 0.25) is 0 Å². The van der Waals surface area contributed by atoms with Gasteiger partial charge in [-0.15, -0.1) is 0 Å². The van der Waals surface area contributed by atoms with E-state index in [2.05, 4.69) is 20.6 Å². The molecule has 1 aromatic carbocycles. The van der Waals surface area contributed by atoms with Crippen molar-refractivity contribution < 1.29 is 18.7 Å². The second kappa shape index (κ2) is 9.75. The van der Waals surface area contributed by atoms with Crippen molar-refractivity contribution in [3.63, 3.8) is 0 Å². The molecule has 10 heteroatoms. The first-order chi connectivity index (χ1) is 14.0. The lowest BCUT2D eigenvalue weighted by Gasteiger charge is -2.20. The van der Waals surface area contributed by atoms with Crippen molar-refractivity contribution in [3.05, 3.63) is 45.6 Å². The van der Waals surface area contributed by atoms with Crippen molar-refractivity contribution in [2.24, 2.45) is 0 Å². The van der Waals surface area contributed by atoms with E-state index in [4.69, 9.17) is 4.74 Å². The minimum atomic E-state index is -0.730. The maximum absolute atomic E-state index is 13.7. The van der Waals surface area contributed by atoms with Gasteiger partial charge in [0.05, 0.1) is 11.4 Å². The number of thioether (sulfide) groups is 1. The summed E-state index contributed by atoms with van der Waals surface area (Å²) in [5, 5.41) is 5.56. The summed E-state index contributed by atoms with van der Waals surface area (Å²) in [6, 6.07) is 3.58.